The molecule has 1 aliphatic rings. The van der Waals surface area contributed by atoms with Crippen LogP contribution in [0.2, 0.25) is 0 Å². The van der Waals surface area contributed by atoms with Crippen molar-refractivity contribution in [2.45, 2.75) is 51.6 Å². The van der Waals surface area contributed by atoms with Crippen LogP contribution in [0.1, 0.15) is 55.4 Å². The maximum absolute atomic E-state index is 11.5. The maximum atomic E-state index is 11.5. The quantitative estimate of drug-likeness (QED) is 0.826. The average molecular weight is 261 g/mol. The molecule has 0 aliphatic heterocycles. The molecule has 1 unspecified atom stereocenters. The van der Waals surface area contributed by atoms with Crippen LogP contribution in [0.25, 0.3) is 0 Å². The van der Waals surface area contributed by atoms with Crippen LogP contribution in [0, 0.1) is 0 Å². The van der Waals surface area contributed by atoms with E-state index in [0.717, 1.165) is 31.2 Å². The molecule has 0 radical (unpaired) electrons. The van der Waals surface area contributed by atoms with Gasteiger partial charge in [-0.3, -0.25) is 4.79 Å². The number of rotatable bonds is 6. The Hall–Kier alpha value is -1.35. The largest absolute Gasteiger partial charge is 0.387 e. The lowest BCUT2D eigenvalue weighted by Crippen LogP contribution is -2.28. The van der Waals surface area contributed by atoms with Gasteiger partial charge < -0.3 is 10.4 Å². The lowest BCUT2D eigenvalue weighted by atomic mass is 10.0. The van der Waals surface area contributed by atoms with Crippen molar-refractivity contribution < 1.29 is 9.90 Å². The summed E-state index contributed by atoms with van der Waals surface area (Å²) in [6.07, 6.45) is 5.34. The highest BCUT2D eigenvalue weighted by molar-refractivity contribution is 5.75. The summed E-state index contributed by atoms with van der Waals surface area (Å²) >= 11 is 0. The van der Waals surface area contributed by atoms with E-state index in [0.29, 0.717) is 13.0 Å². The minimum atomic E-state index is -0.600. The Morgan fingerprint density at radius 1 is 1.37 bits per heavy atom. The van der Waals surface area contributed by atoms with E-state index in [1.54, 1.807) is 0 Å². The molecule has 0 bridgehead atoms. The fraction of sp³-hybridized carbons (Fsp3) is 0.562. The smallest absolute Gasteiger partial charge is 0.220 e. The molecule has 2 N–H and O–H groups in total. The van der Waals surface area contributed by atoms with Gasteiger partial charge in [0, 0.05) is 13.0 Å². The highest BCUT2D eigenvalue weighted by atomic mass is 16.3. The van der Waals surface area contributed by atoms with E-state index in [1.807, 2.05) is 6.07 Å². The van der Waals surface area contributed by atoms with E-state index in [2.05, 4.69) is 24.4 Å². The summed E-state index contributed by atoms with van der Waals surface area (Å²) in [5, 5.41) is 12.9. The second-order valence-corrected chi connectivity index (χ2v) is 5.31. The molecule has 3 heteroatoms. The zero-order valence-electron chi connectivity index (χ0n) is 11.6. The lowest BCUT2D eigenvalue weighted by Gasteiger charge is -2.13. The van der Waals surface area contributed by atoms with Crippen molar-refractivity contribution >= 4 is 5.91 Å². The number of amides is 1. The number of hydrogen-bond acceptors (Lipinski definition) is 2. The SMILES string of the molecule is CCCCC(=O)NCC(O)c1ccc2c(c1)CCC2. The summed E-state index contributed by atoms with van der Waals surface area (Å²) in [6, 6.07) is 6.18. The Morgan fingerprint density at radius 3 is 2.95 bits per heavy atom. The van der Waals surface area contributed by atoms with Crippen molar-refractivity contribution in [1.29, 1.82) is 0 Å². The highest BCUT2D eigenvalue weighted by Crippen LogP contribution is 2.25. The summed E-state index contributed by atoms with van der Waals surface area (Å²) in [5.41, 5.74) is 3.67. The van der Waals surface area contributed by atoms with Crippen LogP contribution in [0.15, 0.2) is 18.2 Å². The zero-order valence-corrected chi connectivity index (χ0v) is 11.6. The number of carbonyl (C=O) groups is 1. The lowest BCUT2D eigenvalue weighted by molar-refractivity contribution is -0.121. The Balaban J connectivity index is 1.86. The number of hydrogen-bond donors (Lipinski definition) is 2. The summed E-state index contributed by atoms with van der Waals surface area (Å²) in [4.78, 5) is 11.5. The van der Waals surface area contributed by atoms with Gasteiger partial charge in [-0.05, 0) is 42.4 Å². The van der Waals surface area contributed by atoms with E-state index in [9.17, 15) is 9.90 Å². The third-order valence-corrected chi connectivity index (χ3v) is 3.76. The molecule has 104 valence electrons. The fourth-order valence-electron chi connectivity index (χ4n) is 2.55. The van der Waals surface area contributed by atoms with Crippen molar-refractivity contribution in [1.82, 2.24) is 5.32 Å². The van der Waals surface area contributed by atoms with Gasteiger partial charge in [-0.25, -0.2) is 0 Å². The van der Waals surface area contributed by atoms with Crippen molar-refractivity contribution in [2.24, 2.45) is 0 Å². The van der Waals surface area contributed by atoms with Crippen LogP contribution < -0.4 is 5.32 Å². The number of nitrogens with one attached hydrogen (secondary N) is 1. The van der Waals surface area contributed by atoms with Crippen LogP contribution in [0.4, 0.5) is 0 Å². The summed E-state index contributed by atoms with van der Waals surface area (Å²) < 4.78 is 0. The van der Waals surface area contributed by atoms with E-state index in [-0.39, 0.29) is 5.91 Å². The molecule has 19 heavy (non-hydrogen) atoms. The van der Waals surface area contributed by atoms with Gasteiger partial charge in [-0.15, -0.1) is 0 Å². The highest BCUT2D eigenvalue weighted by Gasteiger charge is 2.14. The Kier molecular flexibility index (Phi) is 4.97. The van der Waals surface area contributed by atoms with Gasteiger partial charge in [-0.2, -0.15) is 0 Å². The van der Waals surface area contributed by atoms with Gasteiger partial charge in [-0.1, -0.05) is 31.5 Å². The molecule has 1 aromatic rings. The van der Waals surface area contributed by atoms with Gasteiger partial charge in [0.25, 0.3) is 0 Å². The molecule has 0 spiro atoms. The Labute approximate surface area is 115 Å². The topological polar surface area (TPSA) is 49.3 Å². The second kappa shape index (κ2) is 6.71. The first-order chi connectivity index (χ1) is 9.20. The molecule has 1 atom stereocenters. The van der Waals surface area contributed by atoms with E-state index < -0.39 is 6.10 Å². The molecular formula is C16H23NO2. The first-order valence-electron chi connectivity index (χ1n) is 7.27. The van der Waals surface area contributed by atoms with E-state index in [1.165, 1.54) is 17.5 Å². The fourth-order valence-corrected chi connectivity index (χ4v) is 2.55. The molecule has 0 saturated heterocycles. The number of aliphatic hydroxyl groups is 1. The van der Waals surface area contributed by atoms with Crippen LogP contribution >= 0.6 is 0 Å². The molecule has 3 nitrogen and oxygen atoms in total. The molecule has 1 amide bonds. The van der Waals surface area contributed by atoms with Crippen molar-refractivity contribution in [3.63, 3.8) is 0 Å². The van der Waals surface area contributed by atoms with Gasteiger partial charge in [0.05, 0.1) is 6.10 Å². The van der Waals surface area contributed by atoms with Crippen molar-refractivity contribution in [2.75, 3.05) is 6.54 Å². The third-order valence-electron chi connectivity index (χ3n) is 3.76. The average Bonchev–Trinajstić information content (AvgIpc) is 2.89. The van der Waals surface area contributed by atoms with Gasteiger partial charge in [0.15, 0.2) is 0 Å². The summed E-state index contributed by atoms with van der Waals surface area (Å²) in [6.45, 7) is 2.37. The first-order valence-corrected chi connectivity index (χ1v) is 7.27. The number of aliphatic hydroxyl groups excluding tert-OH is 1. The molecule has 2 rings (SSSR count). The number of benzene rings is 1. The first kappa shape index (κ1) is 14.1. The van der Waals surface area contributed by atoms with E-state index in [4.69, 9.17) is 0 Å². The second-order valence-electron chi connectivity index (χ2n) is 5.31. The molecule has 0 saturated carbocycles. The Bertz CT molecular complexity index is 442. The molecule has 0 aromatic heterocycles. The van der Waals surface area contributed by atoms with Crippen LogP contribution in [-0.2, 0) is 17.6 Å². The maximum Gasteiger partial charge on any atom is 0.220 e. The molecular weight excluding hydrogens is 238 g/mol. The van der Waals surface area contributed by atoms with Gasteiger partial charge >= 0.3 is 0 Å². The molecule has 1 aliphatic carbocycles. The predicted molar refractivity (Wildman–Crippen MR) is 76.0 cm³/mol. The predicted octanol–water partition coefficient (Wildman–Crippen LogP) is 2.52. The number of carbonyl (C=O) groups excluding carboxylic acids is 1. The Morgan fingerprint density at radius 2 is 2.16 bits per heavy atom. The molecule has 0 fully saturated rings. The number of aryl methyl sites for hydroxylation is 2. The number of unbranched alkanes of at least 4 members (excludes halogenated alkanes) is 1. The van der Waals surface area contributed by atoms with Crippen molar-refractivity contribution in [3.8, 4) is 0 Å². The zero-order chi connectivity index (χ0) is 13.7. The minimum absolute atomic E-state index is 0.0297. The number of fused-ring (bicyclic) bond motifs is 1. The van der Waals surface area contributed by atoms with Crippen LogP contribution in [0.3, 0.4) is 0 Å². The van der Waals surface area contributed by atoms with Gasteiger partial charge in [0.1, 0.15) is 0 Å². The third kappa shape index (κ3) is 3.80. The minimum Gasteiger partial charge on any atom is -0.387 e. The molecule has 0 heterocycles. The summed E-state index contributed by atoms with van der Waals surface area (Å²) in [5.74, 6) is 0.0297. The van der Waals surface area contributed by atoms with E-state index >= 15 is 0 Å². The summed E-state index contributed by atoms with van der Waals surface area (Å²) in [7, 11) is 0. The van der Waals surface area contributed by atoms with Crippen LogP contribution in [0.5, 0.6) is 0 Å². The van der Waals surface area contributed by atoms with Crippen molar-refractivity contribution in [3.05, 3.63) is 34.9 Å². The molecule has 1 aromatic carbocycles. The normalized spacial score (nSPS) is 15.1. The standard InChI is InChI=1S/C16H23NO2/c1-2-3-7-16(19)17-11-15(18)14-9-8-12-5-4-6-13(12)10-14/h8-10,15,18H,2-7,11H2,1H3,(H,17,19). The van der Waals surface area contributed by atoms with Crippen LogP contribution in [-0.4, -0.2) is 17.6 Å². The van der Waals surface area contributed by atoms with Gasteiger partial charge in [0.2, 0.25) is 5.91 Å². The monoisotopic (exact) mass is 261 g/mol.